The van der Waals surface area contributed by atoms with E-state index in [0.717, 1.165) is 71.0 Å². The first kappa shape index (κ1) is 88.0. The molecule has 0 aliphatic heterocycles. The van der Waals surface area contributed by atoms with Crippen molar-refractivity contribution < 1.29 is 0 Å². The highest BCUT2D eigenvalue weighted by atomic mass is 14.6. The molecule has 0 unspecified atom stereocenters. The van der Waals surface area contributed by atoms with Gasteiger partial charge in [-0.25, -0.2) is 0 Å². The van der Waals surface area contributed by atoms with Crippen LogP contribution in [0, 0.1) is 71.0 Å². The van der Waals surface area contributed by atoms with E-state index < -0.39 is 0 Å². The third-order valence-electron chi connectivity index (χ3n) is 39.7. The van der Waals surface area contributed by atoms with Gasteiger partial charge < -0.3 is 0 Å². The largest absolute Gasteiger partial charge is 0.0622 e. The van der Waals surface area contributed by atoms with Crippen LogP contribution in [0.5, 0.6) is 0 Å². The normalized spacial score (nSPS) is 27.9. The van der Waals surface area contributed by atoms with Gasteiger partial charge in [-0.05, 0) is 491 Å². The third-order valence-corrected chi connectivity index (χ3v) is 39.7. The molecule has 16 bridgehead atoms. The lowest BCUT2D eigenvalue weighted by atomic mass is 9.48. The van der Waals surface area contributed by atoms with E-state index in [-0.39, 0.29) is 32.5 Å². The molecule has 16 aliphatic carbocycles. The molecule has 0 heteroatoms. The molecule has 0 spiro atoms. The highest BCUT2D eigenvalue weighted by molar-refractivity contribution is 6.36. The fourth-order valence-corrected chi connectivity index (χ4v) is 35.0. The molecule has 32 rings (SSSR count). The van der Waals surface area contributed by atoms with Crippen molar-refractivity contribution in [3.8, 4) is 89.0 Å². The molecule has 0 heterocycles. The lowest BCUT2D eigenvalue weighted by Crippen LogP contribution is -2.48. The third kappa shape index (κ3) is 14.5. The van der Waals surface area contributed by atoms with Gasteiger partial charge in [-0.1, -0.05) is 350 Å². The van der Waals surface area contributed by atoms with Gasteiger partial charge in [0.1, 0.15) is 0 Å². The Morgan fingerprint density at radius 1 is 0.157 bits per heavy atom. The summed E-state index contributed by atoms with van der Waals surface area (Å²) in [5, 5.41) is 16.5. The molecule has 0 nitrogen and oxygen atoms in total. The van der Waals surface area contributed by atoms with E-state index in [1.54, 1.807) is 22.3 Å². The second-order valence-corrected chi connectivity index (χ2v) is 53.1. The Balaban J connectivity index is 0.000000150. The molecule has 16 saturated carbocycles. The molecule has 0 radical (unpaired) electrons. The first-order valence-corrected chi connectivity index (χ1v) is 55.3. The molecule has 0 amide bonds. The number of fused-ring (bicyclic) bond motifs is 6. The molecular formula is C140H144. The van der Waals surface area contributed by atoms with Crippen molar-refractivity contribution >= 4 is 64.6 Å². The quantitative estimate of drug-likeness (QED) is 0.107. The van der Waals surface area contributed by atoms with E-state index in [9.17, 15) is 0 Å². The van der Waals surface area contributed by atoms with Crippen molar-refractivity contribution in [2.45, 2.75) is 281 Å². The highest BCUT2D eigenvalue weighted by Gasteiger charge is 2.56. The Morgan fingerprint density at radius 2 is 0.321 bits per heavy atom. The fraction of sp³-hybridized carbons (Fsp3) is 0.400. The highest BCUT2D eigenvalue weighted by Crippen LogP contribution is 2.68. The summed E-state index contributed by atoms with van der Waals surface area (Å²) < 4.78 is 0. The van der Waals surface area contributed by atoms with E-state index in [0.29, 0.717) is 10.8 Å². The molecule has 0 N–H and O–H groups in total. The summed E-state index contributed by atoms with van der Waals surface area (Å²) in [5.41, 5.74) is 34.7. The van der Waals surface area contributed by atoms with Crippen LogP contribution in [0.4, 0.5) is 0 Å². The summed E-state index contributed by atoms with van der Waals surface area (Å²) in [5.74, 6) is 10.9. The maximum atomic E-state index is 2.83. The maximum Gasteiger partial charge on any atom is -0.000139 e. The Kier molecular flexibility index (Phi) is 20.3. The van der Waals surface area contributed by atoms with E-state index in [1.165, 1.54) is 330 Å². The molecule has 16 aliphatic rings. The summed E-state index contributed by atoms with van der Waals surface area (Å²) in [7, 11) is 0. The average molecular weight is 1830 g/mol. The van der Waals surface area contributed by atoms with Crippen LogP contribution in [0.1, 0.15) is 282 Å². The SMILES string of the molecule is CC(C)(C)c1ccc(-c2c3ccc(C(C)(C)C)cc3c(-c3ccccc3)c3c(-c4ccc(C(C)(C)C)cc4)c4ccc(C(C)(C)C)cc4c(-c4ccccc4)c23)cc1.c1ccc(-c2c3cc(C45CC6CC(CC(C6)C4)C5)ccc3c(-c3ccc(C45CC6CC(CC(C6)C4)C5)cc3)c3c(-c4ccccc4)c4cc(C56CC7CC(CC(C7)C5)C6)ccc4c(-c4ccc(C56CC7CC(CC(C7)C5)C6)cc4)c23)cc1. The minimum Gasteiger partial charge on any atom is -0.0622 e. The summed E-state index contributed by atoms with van der Waals surface area (Å²) in [6.45, 7) is 27.8. The van der Waals surface area contributed by atoms with E-state index >= 15 is 0 Å². The van der Waals surface area contributed by atoms with Gasteiger partial charge in [0.15, 0.2) is 0 Å². The zero-order valence-electron chi connectivity index (χ0n) is 85.6. The van der Waals surface area contributed by atoms with E-state index in [1.807, 2.05) is 0 Å². The molecule has 0 saturated heterocycles. The van der Waals surface area contributed by atoms with Gasteiger partial charge in [0, 0.05) is 0 Å². The van der Waals surface area contributed by atoms with Gasteiger partial charge >= 0.3 is 0 Å². The Bertz CT molecular complexity index is 7020. The standard InChI is InChI=1S/C82H84.C58H60/c1-3-7-61(8-4-1)75-71-35-67(81-43-55-29-56(44-81)31-57(30-55)45-81)19-21-69(71)74(64-13-17-66(18-14-64)80-40-52-26-53(41-80)28-54(27-52)42-80)78-76(62-9-5-2-6-10-62)72-36-68(82-46-58-32-59(47-82)34-60(33-58)48-82)20-22-70(72)73(77(75)78)63-11-15-65(16-12-63)79-37-49-23-50(38-79)25-51(24-49)39-79;1-55(2,3)41-27-23-39(24-28-41)49-45-33-31-43(57(7,8)9)35-47(45)52(38-21-17-14-18-22-38)54-50(40-25-29-42(30-26-40)56(4,5)6)46-34-32-44(58(10,11)12)36-48(46)51(53(49)54)37-19-15-13-16-20-37/h1-22,35-36,49-60H,23-34,37-48H2;13-36H,1-12H3. The Labute approximate surface area is 834 Å². The first-order chi connectivity index (χ1) is 67.6. The van der Waals surface area contributed by atoms with Gasteiger partial charge in [-0.3, -0.25) is 0 Å². The second-order valence-electron chi connectivity index (χ2n) is 53.1. The van der Waals surface area contributed by atoms with Crippen molar-refractivity contribution in [1.29, 1.82) is 0 Å². The van der Waals surface area contributed by atoms with Crippen LogP contribution in [0.3, 0.4) is 0 Å². The molecule has 0 atom stereocenters. The fourth-order valence-electron chi connectivity index (χ4n) is 35.0. The van der Waals surface area contributed by atoms with Crippen LogP contribution < -0.4 is 0 Å². The van der Waals surface area contributed by atoms with Gasteiger partial charge in [-0.2, -0.15) is 0 Å². The molecule has 16 aromatic carbocycles. The molecular weight excluding hydrogens is 1680 g/mol. The van der Waals surface area contributed by atoms with Gasteiger partial charge in [0.05, 0.1) is 0 Å². The molecule has 140 heavy (non-hydrogen) atoms. The van der Waals surface area contributed by atoms with Crippen LogP contribution in [-0.2, 0) is 43.3 Å². The minimum absolute atomic E-state index is 0.0286. The van der Waals surface area contributed by atoms with E-state index in [2.05, 4.69) is 374 Å². The summed E-state index contributed by atoms with van der Waals surface area (Å²) in [6.07, 6.45) is 34.5. The minimum atomic E-state index is -0.0286. The lowest BCUT2D eigenvalue weighted by Gasteiger charge is -2.57. The Hall–Kier alpha value is -10.9. The molecule has 0 aromatic heterocycles. The first-order valence-electron chi connectivity index (χ1n) is 55.3. The monoisotopic (exact) mass is 1830 g/mol. The molecule has 704 valence electrons. The lowest BCUT2D eigenvalue weighted by molar-refractivity contribution is -0.00530. The van der Waals surface area contributed by atoms with Crippen LogP contribution >= 0.6 is 0 Å². The smallest absolute Gasteiger partial charge is 0.000139 e. The van der Waals surface area contributed by atoms with Gasteiger partial charge in [0.2, 0.25) is 0 Å². The number of hydrogen-bond donors (Lipinski definition) is 0. The number of benzene rings is 16. The van der Waals surface area contributed by atoms with Crippen molar-refractivity contribution in [1.82, 2.24) is 0 Å². The van der Waals surface area contributed by atoms with Crippen molar-refractivity contribution in [3.63, 3.8) is 0 Å². The van der Waals surface area contributed by atoms with Crippen LogP contribution in [0.15, 0.2) is 291 Å². The predicted molar refractivity (Wildman–Crippen MR) is 596 cm³/mol. The summed E-state index contributed by atoms with van der Waals surface area (Å²) in [6, 6.07) is 118. The van der Waals surface area contributed by atoms with Crippen LogP contribution in [-0.4, -0.2) is 0 Å². The summed E-state index contributed by atoms with van der Waals surface area (Å²) in [4.78, 5) is 0. The zero-order chi connectivity index (χ0) is 94.6. The number of hydrogen-bond acceptors (Lipinski definition) is 0. The second kappa shape index (κ2) is 32.3. The molecule has 16 aromatic rings. The van der Waals surface area contributed by atoms with E-state index in [4.69, 9.17) is 0 Å². The van der Waals surface area contributed by atoms with Crippen LogP contribution in [0.2, 0.25) is 0 Å². The average Bonchev–Trinajstić information content (AvgIpc) is 0.692. The number of rotatable bonds is 12. The predicted octanol–water partition coefficient (Wildman–Crippen LogP) is 38.7. The van der Waals surface area contributed by atoms with Gasteiger partial charge in [0.25, 0.3) is 0 Å². The van der Waals surface area contributed by atoms with Crippen molar-refractivity contribution in [3.05, 3.63) is 336 Å². The van der Waals surface area contributed by atoms with Crippen molar-refractivity contribution in [2.24, 2.45) is 71.0 Å². The maximum absolute atomic E-state index is 2.83. The molecule has 16 fully saturated rings. The van der Waals surface area contributed by atoms with Crippen molar-refractivity contribution in [2.75, 3.05) is 0 Å². The summed E-state index contributed by atoms with van der Waals surface area (Å²) >= 11 is 0. The zero-order valence-corrected chi connectivity index (χ0v) is 85.6. The van der Waals surface area contributed by atoms with Gasteiger partial charge in [-0.15, -0.1) is 0 Å². The topological polar surface area (TPSA) is 0 Å². The Morgan fingerprint density at radius 3 is 0.536 bits per heavy atom. The van der Waals surface area contributed by atoms with Crippen LogP contribution in [0.25, 0.3) is 154 Å².